The topological polar surface area (TPSA) is 90.2 Å². The molecule has 7 heteroatoms. The van der Waals surface area contributed by atoms with Gasteiger partial charge in [-0.15, -0.1) is 22.7 Å². The molecule has 0 aliphatic carbocycles. The number of benzene rings is 1. The molecule has 2 aromatic heterocycles. The summed E-state index contributed by atoms with van der Waals surface area (Å²) in [5, 5.41) is 42.9. The monoisotopic (exact) mass is 392 g/mol. The molecule has 0 radical (unpaired) electrons. The van der Waals surface area contributed by atoms with Gasteiger partial charge in [0, 0.05) is 16.7 Å². The van der Waals surface area contributed by atoms with E-state index in [0.717, 1.165) is 17.5 Å². The SMILES string of the molecule is OCC1OC(c2cccc(Cc3cc4ccsc4s3)c2)[C@H](O)C(O)[C@@H]1O. The van der Waals surface area contributed by atoms with Crippen LogP contribution < -0.4 is 0 Å². The third-order valence-corrected chi connectivity index (χ3v) is 6.95. The van der Waals surface area contributed by atoms with E-state index in [0.29, 0.717) is 0 Å². The number of fused-ring (bicyclic) bond motifs is 1. The molecule has 1 aliphatic rings. The van der Waals surface area contributed by atoms with E-state index in [1.165, 1.54) is 14.3 Å². The van der Waals surface area contributed by atoms with Crippen molar-refractivity contribution in [2.45, 2.75) is 36.9 Å². The van der Waals surface area contributed by atoms with Gasteiger partial charge in [0.25, 0.3) is 0 Å². The summed E-state index contributed by atoms with van der Waals surface area (Å²) in [6.07, 6.45) is -4.87. The van der Waals surface area contributed by atoms with E-state index < -0.39 is 37.1 Å². The van der Waals surface area contributed by atoms with Crippen molar-refractivity contribution in [3.63, 3.8) is 0 Å². The maximum Gasteiger partial charge on any atom is 0.113 e. The Morgan fingerprint density at radius 2 is 1.85 bits per heavy atom. The Labute approximate surface area is 158 Å². The van der Waals surface area contributed by atoms with Crippen molar-refractivity contribution in [2.24, 2.45) is 0 Å². The molecule has 4 rings (SSSR count). The molecule has 3 heterocycles. The highest BCUT2D eigenvalue weighted by Crippen LogP contribution is 2.34. The van der Waals surface area contributed by atoms with Crippen molar-refractivity contribution in [2.75, 3.05) is 6.61 Å². The number of thiophene rings is 2. The number of aliphatic hydroxyl groups excluding tert-OH is 4. The van der Waals surface area contributed by atoms with Crippen LogP contribution in [-0.4, -0.2) is 51.4 Å². The van der Waals surface area contributed by atoms with E-state index in [-0.39, 0.29) is 0 Å². The second kappa shape index (κ2) is 7.36. The van der Waals surface area contributed by atoms with Gasteiger partial charge >= 0.3 is 0 Å². The van der Waals surface area contributed by atoms with Gasteiger partial charge in [-0.3, -0.25) is 0 Å². The van der Waals surface area contributed by atoms with Crippen molar-refractivity contribution in [1.29, 1.82) is 0 Å². The molecule has 1 aliphatic heterocycles. The van der Waals surface area contributed by atoms with E-state index in [2.05, 4.69) is 17.5 Å². The van der Waals surface area contributed by atoms with Crippen LogP contribution in [0.15, 0.2) is 41.8 Å². The van der Waals surface area contributed by atoms with Crippen LogP contribution >= 0.6 is 22.7 Å². The largest absolute Gasteiger partial charge is 0.394 e. The average molecular weight is 392 g/mol. The lowest BCUT2D eigenvalue weighted by Gasteiger charge is -2.40. The summed E-state index contributed by atoms with van der Waals surface area (Å²) in [6.45, 7) is -0.424. The lowest BCUT2D eigenvalue weighted by Crippen LogP contribution is -2.55. The maximum atomic E-state index is 10.3. The molecule has 3 unspecified atom stereocenters. The minimum atomic E-state index is -1.36. The molecule has 0 spiro atoms. The zero-order chi connectivity index (χ0) is 18.3. The number of aliphatic hydroxyl groups is 4. The van der Waals surface area contributed by atoms with Crippen LogP contribution in [0.2, 0.25) is 0 Å². The van der Waals surface area contributed by atoms with E-state index in [1.54, 1.807) is 22.7 Å². The first-order valence-electron chi connectivity index (χ1n) is 8.42. The fourth-order valence-corrected chi connectivity index (χ4v) is 5.55. The highest BCUT2D eigenvalue weighted by atomic mass is 32.2. The van der Waals surface area contributed by atoms with Crippen LogP contribution in [0.25, 0.3) is 9.40 Å². The molecule has 5 nitrogen and oxygen atoms in total. The third-order valence-electron chi connectivity index (χ3n) is 4.75. The van der Waals surface area contributed by atoms with Crippen LogP contribution in [0.5, 0.6) is 0 Å². The fraction of sp³-hybridized carbons (Fsp3) is 0.368. The van der Waals surface area contributed by atoms with Crippen molar-refractivity contribution >= 4 is 32.1 Å². The van der Waals surface area contributed by atoms with Gasteiger partial charge in [0.05, 0.1) is 10.6 Å². The molecule has 1 fully saturated rings. The molecule has 26 heavy (non-hydrogen) atoms. The zero-order valence-corrected chi connectivity index (χ0v) is 15.5. The van der Waals surface area contributed by atoms with Gasteiger partial charge in [-0.25, -0.2) is 0 Å². The van der Waals surface area contributed by atoms with Gasteiger partial charge in [-0.2, -0.15) is 0 Å². The van der Waals surface area contributed by atoms with Crippen LogP contribution in [0.4, 0.5) is 0 Å². The highest BCUT2D eigenvalue weighted by molar-refractivity contribution is 7.37. The molecule has 4 N–H and O–H groups in total. The van der Waals surface area contributed by atoms with Gasteiger partial charge in [0.15, 0.2) is 0 Å². The molecular weight excluding hydrogens is 372 g/mol. The van der Waals surface area contributed by atoms with E-state index >= 15 is 0 Å². The molecular formula is C19H20O5S2. The Balaban J connectivity index is 1.57. The number of hydrogen-bond donors (Lipinski definition) is 4. The number of ether oxygens (including phenoxy) is 1. The maximum absolute atomic E-state index is 10.3. The Bertz CT molecular complexity index is 858. The van der Waals surface area contributed by atoms with Crippen LogP contribution in [-0.2, 0) is 11.2 Å². The summed E-state index contributed by atoms with van der Waals surface area (Å²) in [4.78, 5) is 1.26. The molecule has 3 aromatic rings. The minimum absolute atomic E-state index is 0.424. The normalized spacial score (nSPS) is 29.3. The highest BCUT2D eigenvalue weighted by Gasteiger charge is 2.43. The summed E-state index contributed by atoms with van der Waals surface area (Å²) in [5.41, 5.74) is 1.80. The van der Waals surface area contributed by atoms with Crippen molar-refractivity contribution in [3.8, 4) is 0 Å². The number of rotatable bonds is 4. The first-order chi connectivity index (χ1) is 12.6. The molecule has 0 saturated carbocycles. The summed E-state index contributed by atoms with van der Waals surface area (Å²) in [6, 6.07) is 12.0. The van der Waals surface area contributed by atoms with Crippen LogP contribution in [0.1, 0.15) is 22.1 Å². The Kier molecular flexibility index (Phi) is 5.11. The van der Waals surface area contributed by atoms with Crippen molar-refractivity contribution in [3.05, 3.63) is 57.8 Å². The van der Waals surface area contributed by atoms with E-state index in [4.69, 9.17) is 4.74 Å². The van der Waals surface area contributed by atoms with Gasteiger partial charge in [0.1, 0.15) is 30.5 Å². The van der Waals surface area contributed by atoms with Gasteiger partial charge in [0.2, 0.25) is 0 Å². The Morgan fingerprint density at radius 3 is 2.62 bits per heavy atom. The summed E-state index contributed by atoms with van der Waals surface area (Å²) >= 11 is 3.52. The standard InChI is InChI=1S/C19H20O5S2/c20-9-14-15(21)16(22)17(23)18(24-14)11-3-1-2-10(6-11)7-13-8-12-4-5-25-19(12)26-13/h1-6,8,14-18,20-23H,7,9H2/t14?,15-,16?,17-,18?/m1/s1. The van der Waals surface area contributed by atoms with Gasteiger partial charge in [-0.05, 0) is 28.6 Å². The Hall–Kier alpha value is -1.32. The summed E-state index contributed by atoms with van der Waals surface area (Å²) < 4.78 is 6.96. The lowest BCUT2D eigenvalue weighted by atomic mass is 9.90. The lowest BCUT2D eigenvalue weighted by molar-refractivity contribution is -0.231. The van der Waals surface area contributed by atoms with Gasteiger partial charge in [-0.1, -0.05) is 24.3 Å². The van der Waals surface area contributed by atoms with Crippen LogP contribution in [0, 0.1) is 0 Å². The molecule has 1 saturated heterocycles. The minimum Gasteiger partial charge on any atom is -0.394 e. The summed E-state index contributed by atoms with van der Waals surface area (Å²) in [5.74, 6) is 0. The summed E-state index contributed by atoms with van der Waals surface area (Å²) in [7, 11) is 0. The fourth-order valence-electron chi connectivity index (χ4n) is 3.36. The number of hydrogen-bond acceptors (Lipinski definition) is 7. The first-order valence-corrected chi connectivity index (χ1v) is 10.1. The molecule has 0 bridgehead atoms. The molecule has 0 amide bonds. The smallest absolute Gasteiger partial charge is 0.113 e. The van der Waals surface area contributed by atoms with Crippen molar-refractivity contribution in [1.82, 2.24) is 0 Å². The Morgan fingerprint density at radius 1 is 1.00 bits per heavy atom. The molecule has 5 atom stereocenters. The third kappa shape index (κ3) is 3.32. The van der Waals surface area contributed by atoms with Gasteiger partial charge < -0.3 is 25.2 Å². The van der Waals surface area contributed by atoms with E-state index in [1.807, 2.05) is 24.3 Å². The first kappa shape index (κ1) is 18.1. The molecule has 1 aromatic carbocycles. The van der Waals surface area contributed by atoms with Crippen molar-refractivity contribution < 1.29 is 25.2 Å². The second-order valence-corrected chi connectivity index (χ2v) is 8.86. The zero-order valence-electron chi connectivity index (χ0n) is 13.9. The van der Waals surface area contributed by atoms with Crippen LogP contribution in [0.3, 0.4) is 0 Å². The average Bonchev–Trinajstić information content (AvgIpc) is 3.22. The predicted molar refractivity (Wildman–Crippen MR) is 102 cm³/mol. The molecule has 138 valence electrons. The predicted octanol–water partition coefficient (Wildman–Crippen LogP) is 2.07. The van der Waals surface area contributed by atoms with E-state index in [9.17, 15) is 20.4 Å². The quantitative estimate of drug-likeness (QED) is 0.546. The second-order valence-electron chi connectivity index (χ2n) is 6.55.